The summed E-state index contributed by atoms with van der Waals surface area (Å²) in [5, 5.41) is 13.8. The van der Waals surface area contributed by atoms with Gasteiger partial charge in [0.2, 0.25) is 0 Å². The molecule has 1 unspecified atom stereocenters. The van der Waals surface area contributed by atoms with Crippen LogP contribution in [0.15, 0.2) is 28.8 Å². The van der Waals surface area contributed by atoms with E-state index in [9.17, 15) is 5.11 Å². The van der Waals surface area contributed by atoms with E-state index in [1.54, 1.807) is 6.07 Å². The van der Waals surface area contributed by atoms with Gasteiger partial charge in [-0.1, -0.05) is 28.9 Å². The Morgan fingerprint density at radius 2 is 2.29 bits per heavy atom. The molecule has 90 valence electrons. The lowest BCUT2D eigenvalue weighted by molar-refractivity contribution is 0.141. The largest absolute Gasteiger partial charge is 0.382 e. The van der Waals surface area contributed by atoms with Crippen molar-refractivity contribution in [2.45, 2.75) is 12.5 Å². The highest BCUT2D eigenvalue weighted by molar-refractivity contribution is 6.30. The molecule has 2 rings (SSSR count). The Labute approximate surface area is 103 Å². The topological polar surface area (TPSA) is 85.2 Å². The molecule has 0 fully saturated rings. The number of aliphatic hydroxyl groups excluding tert-OH is 1. The van der Waals surface area contributed by atoms with Gasteiger partial charge in [-0.05, 0) is 17.7 Å². The fraction of sp³-hybridized carbons (Fsp3) is 0.273. The maximum Gasteiger partial charge on any atom is 0.256 e. The van der Waals surface area contributed by atoms with Crippen molar-refractivity contribution < 1.29 is 9.63 Å². The van der Waals surface area contributed by atoms with Crippen molar-refractivity contribution in [1.82, 2.24) is 10.1 Å². The number of hydrogen-bond donors (Lipinski definition) is 2. The third kappa shape index (κ3) is 3.03. The number of nitrogens with zero attached hydrogens (tertiary/aromatic N) is 2. The lowest BCUT2D eigenvalue weighted by Gasteiger charge is -1.98. The molecule has 0 aliphatic rings. The first-order valence-corrected chi connectivity index (χ1v) is 5.52. The Morgan fingerprint density at radius 3 is 3.00 bits per heavy atom. The van der Waals surface area contributed by atoms with Gasteiger partial charge < -0.3 is 15.4 Å². The SMILES string of the molecule is NCC(O)c1nc(Cc2cccc(Cl)c2)no1. The van der Waals surface area contributed by atoms with E-state index in [4.69, 9.17) is 21.9 Å². The van der Waals surface area contributed by atoms with Crippen molar-refractivity contribution in [2.24, 2.45) is 5.73 Å². The average molecular weight is 254 g/mol. The molecule has 0 spiro atoms. The molecule has 6 heteroatoms. The molecule has 1 atom stereocenters. The first-order chi connectivity index (χ1) is 8.19. The van der Waals surface area contributed by atoms with Crippen LogP contribution >= 0.6 is 11.6 Å². The molecule has 1 aromatic heterocycles. The van der Waals surface area contributed by atoms with Crippen LogP contribution in [0.2, 0.25) is 5.02 Å². The van der Waals surface area contributed by atoms with E-state index in [0.717, 1.165) is 5.56 Å². The Balaban J connectivity index is 2.11. The van der Waals surface area contributed by atoms with E-state index in [2.05, 4.69) is 10.1 Å². The lowest BCUT2D eigenvalue weighted by atomic mass is 10.1. The third-order valence-corrected chi connectivity index (χ3v) is 2.48. The lowest BCUT2D eigenvalue weighted by Crippen LogP contribution is -2.11. The summed E-state index contributed by atoms with van der Waals surface area (Å²) in [6.07, 6.45) is -0.406. The smallest absolute Gasteiger partial charge is 0.256 e. The van der Waals surface area contributed by atoms with Gasteiger partial charge in [0.05, 0.1) is 0 Å². The molecule has 0 amide bonds. The van der Waals surface area contributed by atoms with Crippen LogP contribution in [-0.2, 0) is 6.42 Å². The van der Waals surface area contributed by atoms with Crippen LogP contribution in [-0.4, -0.2) is 21.8 Å². The number of halogens is 1. The molecule has 2 aromatic rings. The molecule has 3 N–H and O–H groups in total. The van der Waals surface area contributed by atoms with Gasteiger partial charge in [0.15, 0.2) is 5.82 Å². The van der Waals surface area contributed by atoms with Crippen LogP contribution in [0, 0.1) is 0 Å². The second-order valence-corrected chi connectivity index (χ2v) is 4.04. The Kier molecular flexibility index (Phi) is 3.73. The van der Waals surface area contributed by atoms with Crippen molar-refractivity contribution in [3.05, 3.63) is 46.6 Å². The highest BCUT2D eigenvalue weighted by atomic mass is 35.5. The van der Waals surface area contributed by atoms with Crippen LogP contribution in [0.3, 0.4) is 0 Å². The molecule has 1 aromatic carbocycles. The molecule has 0 saturated heterocycles. The minimum Gasteiger partial charge on any atom is -0.382 e. The molecular weight excluding hydrogens is 242 g/mol. The molecule has 0 saturated carbocycles. The molecule has 5 nitrogen and oxygen atoms in total. The zero-order valence-corrected chi connectivity index (χ0v) is 9.76. The number of rotatable bonds is 4. The summed E-state index contributed by atoms with van der Waals surface area (Å²) in [7, 11) is 0. The fourth-order valence-corrected chi connectivity index (χ4v) is 1.62. The van der Waals surface area contributed by atoms with Crippen molar-refractivity contribution in [2.75, 3.05) is 6.54 Å². The van der Waals surface area contributed by atoms with E-state index < -0.39 is 6.10 Å². The predicted molar refractivity (Wildman–Crippen MR) is 62.6 cm³/mol. The number of aromatic nitrogens is 2. The minimum absolute atomic E-state index is 0.0544. The quantitative estimate of drug-likeness (QED) is 0.858. The molecule has 17 heavy (non-hydrogen) atoms. The summed E-state index contributed by atoms with van der Waals surface area (Å²) < 4.78 is 4.90. The van der Waals surface area contributed by atoms with E-state index in [0.29, 0.717) is 17.3 Å². The summed E-state index contributed by atoms with van der Waals surface area (Å²) >= 11 is 5.87. The Bertz CT molecular complexity index is 501. The number of nitrogens with two attached hydrogens (primary N) is 1. The second kappa shape index (κ2) is 5.27. The van der Waals surface area contributed by atoms with Crippen LogP contribution < -0.4 is 5.73 Å². The highest BCUT2D eigenvalue weighted by Crippen LogP contribution is 2.15. The minimum atomic E-state index is -0.907. The van der Waals surface area contributed by atoms with Crippen molar-refractivity contribution in [3.8, 4) is 0 Å². The highest BCUT2D eigenvalue weighted by Gasteiger charge is 2.14. The van der Waals surface area contributed by atoms with Gasteiger partial charge in [-0.15, -0.1) is 0 Å². The second-order valence-electron chi connectivity index (χ2n) is 3.61. The van der Waals surface area contributed by atoms with Gasteiger partial charge in [0, 0.05) is 18.0 Å². The van der Waals surface area contributed by atoms with Gasteiger partial charge in [0.1, 0.15) is 6.10 Å². The van der Waals surface area contributed by atoms with Gasteiger partial charge in [-0.25, -0.2) is 0 Å². The zero-order chi connectivity index (χ0) is 12.3. The van der Waals surface area contributed by atoms with Gasteiger partial charge >= 0.3 is 0 Å². The number of aliphatic hydroxyl groups is 1. The molecule has 1 heterocycles. The van der Waals surface area contributed by atoms with Crippen LogP contribution in [0.4, 0.5) is 0 Å². The number of benzene rings is 1. The van der Waals surface area contributed by atoms with E-state index in [1.807, 2.05) is 18.2 Å². The van der Waals surface area contributed by atoms with Crippen LogP contribution in [0.5, 0.6) is 0 Å². The third-order valence-electron chi connectivity index (χ3n) is 2.24. The van der Waals surface area contributed by atoms with Gasteiger partial charge in [-0.3, -0.25) is 0 Å². The monoisotopic (exact) mass is 253 g/mol. The average Bonchev–Trinajstić information content (AvgIpc) is 2.76. The molecular formula is C11H12ClN3O2. The standard InChI is InChI=1S/C11H12ClN3O2/c12-8-3-1-2-7(4-8)5-10-14-11(17-15-10)9(16)6-13/h1-4,9,16H,5-6,13H2. The van der Waals surface area contributed by atoms with E-state index in [1.165, 1.54) is 0 Å². The first kappa shape index (κ1) is 12.0. The van der Waals surface area contributed by atoms with Crippen molar-refractivity contribution in [3.63, 3.8) is 0 Å². The fourth-order valence-electron chi connectivity index (χ4n) is 1.40. The van der Waals surface area contributed by atoms with E-state index in [-0.39, 0.29) is 12.4 Å². The van der Waals surface area contributed by atoms with Gasteiger partial charge in [-0.2, -0.15) is 4.98 Å². The zero-order valence-electron chi connectivity index (χ0n) is 9.01. The molecule has 0 aliphatic carbocycles. The summed E-state index contributed by atoms with van der Waals surface area (Å²) in [5.74, 6) is 0.638. The molecule has 0 radical (unpaired) electrons. The normalized spacial score (nSPS) is 12.6. The summed E-state index contributed by atoms with van der Waals surface area (Å²) in [6, 6.07) is 7.40. The van der Waals surface area contributed by atoms with Crippen LogP contribution in [0.25, 0.3) is 0 Å². The molecule has 0 bridgehead atoms. The van der Waals surface area contributed by atoms with E-state index >= 15 is 0 Å². The van der Waals surface area contributed by atoms with Crippen molar-refractivity contribution >= 4 is 11.6 Å². The molecule has 0 aliphatic heterocycles. The maximum atomic E-state index is 9.41. The summed E-state index contributed by atoms with van der Waals surface area (Å²) in [6.45, 7) is 0.0544. The Hall–Kier alpha value is -1.43. The predicted octanol–water partition coefficient (Wildman–Crippen LogP) is 1.31. The van der Waals surface area contributed by atoms with Gasteiger partial charge in [0.25, 0.3) is 5.89 Å². The number of hydrogen-bond acceptors (Lipinski definition) is 5. The Morgan fingerprint density at radius 1 is 1.47 bits per heavy atom. The summed E-state index contributed by atoms with van der Waals surface area (Å²) in [5.41, 5.74) is 6.27. The summed E-state index contributed by atoms with van der Waals surface area (Å²) in [4.78, 5) is 4.06. The van der Waals surface area contributed by atoms with Crippen molar-refractivity contribution in [1.29, 1.82) is 0 Å². The van der Waals surface area contributed by atoms with Crippen LogP contribution in [0.1, 0.15) is 23.4 Å². The maximum absolute atomic E-state index is 9.41. The first-order valence-electron chi connectivity index (χ1n) is 5.14.